The van der Waals surface area contributed by atoms with Crippen molar-refractivity contribution < 1.29 is 19.6 Å². The number of hydrogen-bond donors (Lipinski definition) is 1. The maximum absolute atomic E-state index is 13.0. The van der Waals surface area contributed by atoms with E-state index in [2.05, 4.69) is 0 Å². The summed E-state index contributed by atoms with van der Waals surface area (Å²) in [6.07, 6.45) is 9.70. The van der Waals surface area contributed by atoms with Crippen molar-refractivity contribution in [3.63, 3.8) is 0 Å². The molecule has 0 radical (unpaired) electrons. The highest BCUT2D eigenvalue weighted by Crippen LogP contribution is 2.30. The molecule has 1 fully saturated rings. The predicted molar refractivity (Wildman–Crippen MR) is 107 cm³/mol. The molecule has 3 rings (SSSR count). The smallest absolute Gasteiger partial charge is 0.247 e. The van der Waals surface area contributed by atoms with Crippen LogP contribution in [0.5, 0.6) is 0 Å². The number of hydrazine groups is 1. The first kappa shape index (κ1) is 21.0. The monoisotopic (exact) mass is 399 g/mol. The molecule has 7 heteroatoms. The lowest BCUT2D eigenvalue weighted by molar-refractivity contribution is -0.170. The van der Waals surface area contributed by atoms with Crippen molar-refractivity contribution in [3.8, 4) is 0 Å². The molecule has 0 bridgehead atoms. The number of carbonyl (C=O) groups is 3. The van der Waals surface area contributed by atoms with Crippen molar-refractivity contribution in [2.45, 2.75) is 57.4 Å². The normalized spacial score (nSPS) is 18.0. The number of hydroxylamine groups is 2. The zero-order valence-electron chi connectivity index (χ0n) is 16.7. The lowest BCUT2D eigenvalue weighted by Crippen LogP contribution is -2.50. The average molecular weight is 399 g/mol. The maximum Gasteiger partial charge on any atom is 0.247 e. The van der Waals surface area contributed by atoms with Gasteiger partial charge in [0.2, 0.25) is 18.2 Å². The molecule has 1 unspecified atom stereocenters. The van der Waals surface area contributed by atoms with Gasteiger partial charge in [-0.05, 0) is 24.3 Å². The summed E-state index contributed by atoms with van der Waals surface area (Å²) >= 11 is 0. The molecule has 1 atom stereocenters. The molecule has 2 aliphatic rings. The molecule has 156 valence electrons. The number of amides is 3. The second-order valence-corrected chi connectivity index (χ2v) is 7.82. The van der Waals surface area contributed by atoms with Gasteiger partial charge >= 0.3 is 0 Å². The summed E-state index contributed by atoms with van der Waals surface area (Å²) in [4.78, 5) is 36.9. The largest absolute Gasteiger partial charge is 0.286 e. The van der Waals surface area contributed by atoms with Gasteiger partial charge in [-0.25, -0.2) is 15.1 Å². The molecule has 1 heterocycles. The summed E-state index contributed by atoms with van der Waals surface area (Å²) in [5.74, 6) is -0.0427. The van der Waals surface area contributed by atoms with Crippen LogP contribution >= 0.6 is 0 Å². The predicted octanol–water partition coefficient (Wildman–Crippen LogP) is 2.91. The molecule has 1 saturated carbocycles. The van der Waals surface area contributed by atoms with Crippen LogP contribution < -0.4 is 0 Å². The minimum absolute atomic E-state index is 0.0226. The summed E-state index contributed by atoms with van der Waals surface area (Å²) < 4.78 is 0. The molecule has 0 aromatic heterocycles. The molecule has 1 aliphatic carbocycles. The van der Waals surface area contributed by atoms with E-state index in [4.69, 9.17) is 0 Å². The summed E-state index contributed by atoms with van der Waals surface area (Å²) in [6, 6.07) is 8.84. The minimum atomic E-state index is -0.579. The van der Waals surface area contributed by atoms with Gasteiger partial charge in [0.05, 0.1) is 18.9 Å². The van der Waals surface area contributed by atoms with Crippen LogP contribution in [0.25, 0.3) is 0 Å². The van der Waals surface area contributed by atoms with Gasteiger partial charge in [0.1, 0.15) is 0 Å². The zero-order valence-corrected chi connectivity index (χ0v) is 16.7. The van der Waals surface area contributed by atoms with Gasteiger partial charge in [0, 0.05) is 12.7 Å². The average Bonchev–Trinajstić information content (AvgIpc) is 3.26. The lowest BCUT2D eigenvalue weighted by atomic mass is 9.96. The molecule has 1 aromatic carbocycles. The van der Waals surface area contributed by atoms with Crippen molar-refractivity contribution in [2.75, 3.05) is 6.54 Å². The first-order valence-electron chi connectivity index (χ1n) is 10.3. The third-order valence-electron chi connectivity index (χ3n) is 5.73. The Labute approximate surface area is 171 Å². The first-order valence-corrected chi connectivity index (χ1v) is 10.3. The van der Waals surface area contributed by atoms with Crippen LogP contribution in [-0.2, 0) is 20.8 Å². The van der Waals surface area contributed by atoms with Crippen molar-refractivity contribution in [3.05, 3.63) is 48.2 Å². The summed E-state index contributed by atoms with van der Waals surface area (Å²) in [6.45, 7) is 0.428. The molecular weight excluding hydrogens is 370 g/mol. The molecule has 1 aromatic rings. The Morgan fingerprint density at radius 1 is 1.17 bits per heavy atom. The second kappa shape index (κ2) is 10.2. The molecule has 3 amide bonds. The topological polar surface area (TPSA) is 81.2 Å². The number of carbonyl (C=O) groups excluding carboxylic acids is 3. The van der Waals surface area contributed by atoms with Crippen LogP contribution in [0, 0.1) is 5.92 Å². The van der Waals surface area contributed by atoms with E-state index >= 15 is 0 Å². The van der Waals surface area contributed by atoms with Gasteiger partial charge in [0.15, 0.2) is 0 Å². The summed E-state index contributed by atoms with van der Waals surface area (Å²) in [5, 5.41) is 13.4. The number of benzene rings is 1. The van der Waals surface area contributed by atoms with Crippen LogP contribution in [0.4, 0.5) is 0 Å². The van der Waals surface area contributed by atoms with E-state index in [1.807, 2.05) is 36.4 Å². The third kappa shape index (κ3) is 5.67. The van der Waals surface area contributed by atoms with Gasteiger partial charge in [-0.3, -0.25) is 19.6 Å². The van der Waals surface area contributed by atoms with Crippen molar-refractivity contribution in [1.29, 1.82) is 0 Å². The van der Waals surface area contributed by atoms with E-state index in [-0.39, 0.29) is 24.7 Å². The van der Waals surface area contributed by atoms with Crippen LogP contribution in [0.2, 0.25) is 0 Å². The van der Waals surface area contributed by atoms with Gasteiger partial charge in [-0.1, -0.05) is 62.1 Å². The highest BCUT2D eigenvalue weighted by molar-refractivity contribution is 5.84. The second-order valence-electron chi connectivity index (χ2n) is 7.82. The molecular formula is C22H29N3O4. The molecule has 7 nitrogen and oxygen atoms in total. The van der Waals surface area contributed by atoms with Crippen LogP contribution in [0.1, 0.15) is 50.5 Å². The number of nitrogens with zero attached hydrogens (tertiary/aromatic N) is 3. The number of hydrogen-bond acceptors (Lipinski definition) is 4. The van der Waals surface area contributed by atoms with E-state index in [0.29, 0.717) is 36.8 Å². The van der Waals surface area contributed by atoms with Gasteiger partial charge in [0.25, 0.3) is 0 Å². The molecule has 1 aliphatic heterocycles. The van der Waals surface area contributed by atoms with Gasteiger partial charge in [-0.2, -0.15) is 0 Å². The lowest BCUT2D eigenvalue weighted by Gasteiger charge is -2.36. The Bertz CT molecular complexity index is 731. The van der Waals surface area contributed by atoms with E-state index in [1.54, 1.807) is 6.20 Å². The van der Waals surface area contributed by atoms with E-state index < -0.39 is 6.04 Å². The maximum atomic E-state index is 13.0. The van der Waals surface area contributed by atoms with E-state index in [1.165, 1.54) is 10.0 Å². The fourth-order valence-corrected chi connectivity index (χ4v) is 4.18. The van der Waals surface area contributed by atoms with Crippen LogP contribution in [0.15, 0.2) is 42.6 Å². The third-order valence-corrected chi connectivity index (χ3v) is 5.73. The Balaban J connectivity index is 1.66. The van der Waals surface area contributed by atoms with Gasteiger partial charge < -0.3 is 0 Å². The molecule has 0 spiro atoms. The van der Waals surface area contributed by atoms with Crippen LogP contribution in [-0.4, -0.2) is 51.1 Å². The Hall–Kier alpha value is -2.67. The van der Waals surface area contributed by atoms with Crippen molar-refractivity contribution >= 4 is 18.2 Å². The fraction of sp³-hybridized carbons (Fsp3) is 0.500. The Morgan fingerprint density at radius 2 is 1.90 bits per heavy atom. The van der Waals surface area contributed by atoms with Crippen molar-refractivity contribution in [1.82, 2.24) is 15.1 Å². The molecule has 0 saturated heterocycles. The SMILES string of the molecule is O=CN(O)C(CC(=O)N1C=CCCN1C(=O)Cc1ccccc1)CC1CCCC1. The molecule has 29 heavy (non-hydrogen) atoms. The fourth-order valence-electron chi connectivity index (χ4n) is 4.18. The Kier molecular flexibility index (Phi) is 7.41. The minimum Gasteiger partial charge on any atom is -0.286 e. The number of rotatable bonds is 8. The van der Waals surface area contributed by atoms with Crippen molar-refractivity contribution in [2.24, 2.45) is 5.92 Å². The first-order chi connectivity index (χ1) is 14.1. The van der Waals surface area contributed by atoms with Crippen LogP contribution in [0.3, 0.4) is 0 Å². The standard InChI is InChI=1S/C22H29N3O4/c26-17-25(29)20(14-18-10-4-5-11-18)16-22(28)24-13-7-6-12-23(24)21(27)15-19-8-2-1-3-9-19/h1-3,7-9,13,17-18,20,29H,4-6,10-12,14-16H2. The van der Waals surface area contributed by atoms with Gasteiger partial charge in [-0.15, -0.1) is 0 Å². The highest BCUT2D eigenvalue weighted by atomic mass is 16.5. The van der Waals surface area contributed by atoms with E-state index in [0.717, 1.165) is 31.2 Å². The Morgan fingerprint density at radius 3 is 2.59 bits per heavy atom. The quantitative estimate of drug-likeness (QED) is 0.414. The van der Waals surface area contributed by atoms with E-state index in [9.17, 15) is 19.6 Å². The summed E-state index contributed by atoms with van der Waals surface area (Å²) in [5.41, 5.74) is 0.890. The summed E-state index contributed by atoms with van der Waals surface area (Å²) in [7, 11) is 0. The highest BCUT2D eigenvalue weighted by Gasteiger charge is 2.31. The molecule has 1 N–H and O–H groups in total. The zero-order chi connectivity index (χ0) is 20.6.